The summed E-state index contributed by atoms with van der Waals surface area (Å²) in [7, 11) is 1.71. The van der Waals surface area contributed by atoms with Gasteiger partial charge in [-0.2, -0.15) is 0 Å². The second-order valence-corrected chi connectivity index (χ2v) is 4.53. The highest BCUT2D eigenvalue weighted by Gasteiger charge is 2.11. The Morgan fingerprint density at radius 1 is 1.41 bits per heavy atom. The normalized spacial score (nSPS) is 12.5. The summed E-state index contributed by atoms with van der Waals surface area (Å²) in [6, 6.07) is 6.59. The molecule has 3 heteroatoms. The lowest BCUT2D eigenvalue weighted by Crippen LogP contribution is -2.36. The van der Waals surface area contributed by atoms with Crippen molar-refractivity contribution < 1.29 is 4.74 Å². The van der Waals surface area contributed by atoms with Gasteiger partial charge < -0.3 is 4.74 Å². The predicted octanol–water partition coefficient (Wildman–Crippen LogP) is 2.57. The predicted molar refractivity (Wildman–Crippen MR) is 72.1 cm³/mol. The number of rotatable bonds is 7. The molecule has 0 aliphatic heterocycles. The van der Waals surface area contributed by atoms with Crippen LogP contribution in [0.5, 0.6) is 5.75 Å². The minimum atomic E-state index is 0.325. The average Bonchev–Trinajstić information content (AvgIpc) is 2.34. The smallest absolute Gasteiger partial charge is 0.122 e. The number of hydrogen-bond donors (Lipinski definition) is 2. The molecular weight excluding hydrogens is 212 g/mol. The zero-order chi connectivity index (χ0) is 12.7. The van der Waals surface area contributed by atoms with Crippen molar-refractivity contribution in [3.05, 3.63) is 29.3 Å². The van der Waals surface area contributed by atoms with E-state index in [-0.39, 0.29) is 0 Å². The Morgan fingerprint density at radius 3 is 2.76 bits per heavy atom. The molecule has 0 aliphatic rings. The fourth-order valence-corrected chi connectivity index (χ4v) is 2.03. The van der Waals surface area contributed by atoms with Gasteiger partial charge in [0.25, 0.3) is 0 Å². The molecule has 0 amide bonds. The van der Waals surface area contributed by atoms with E-state index in [0.717, 1.165) is 18.6 Å². The highest BCUT2D eigenvalue weighted by Crippen LogP contribution is 2.22. The van der Waals surface area contributed by atoms with Crippen LogP contribution in [0.4, 0.5) is 0 Å². The molecule has 0 saturated carbocycles. The molecule has 96 valence electrons. The van der Waals surface area contributed by atoms with Gasteiger partial charge in [0.2, 0.25) is 0 Å². The molecule has 1 rings (SSSR count). The van der Waals surface area contributed by atoms with Gasteiger partial charge in [-0.3, -0.25) is 11.3 Å². The Bertz CT molecular complexity index is 339. The Kier molecular flexibility index (Phi) is 6.01. The van der Waals surface area contributed by atoms with Crippen molar-refractivity contribution in [3.8, 4) is 5.75 Å². The number of aryl methyl sites for hydroxylation is 1. The molecule has 1 aromatic rings. The number of unbranched alkanes of at least 4 members (excludes halogenated alkanes) is 1. The monoisotopic (exact) mass is 236 g/mol. The molecule has 0 radical (unpaired) electrons. The van der Waals surface area contributed by atoms with Crippen LogP contribution in [-0.2, 0) is 6.42 Å². The molecule has 1 unspecified atom stereocenters. The molecule has 17 heavy (non-hydrogen) atoms. The van der Waals surface area contributed by atoms with Crippen LogP contribution in [0.2, 0.25) is 0 Å². The maximum atomic E-state index is 5.60. The Balaban J connectivity index is 2.73. The van der Waals surface area contributed by atoms with Gasteiger partial charge in [0.1, 0.15) is 5.75 Å². The van der Waals surface area contributed by atoms with Crippen molar-refractivity contribution in [1.82, 2.24) is 5.43 Å². The first-order chi connectivity index (χ1) is 8.21. The number of nitrogens with two attached hydrogens (primary N) is 1. The third-order valence-corrected chi connectivity index (χ3v) is 3.04. The second kappa shape index (κ2) is 7.30. The molecule has 1 atom stereocenters. The van der Waals surface area contributed by atoms with Gasteiger partial charge in [0.05, 0.1) is 7.11 Å². The van der Waals surface area contributed by atoms with Crippen molar-refractivity contribution in [2.75, 3.05) is 7.11 Å². The molecule has 3 nitrogen and oxygen atoms in total. The number of methoxy groups -OCH3 is 1. The number of hydrazine groups is 1. The van der Waals surface area contributed by atoms with Crippen molar-refractivity contribution in [1.29, 1.82) is 0 Å². The fourth-order valence-electron chi connectivity index (χ4n) is 2.03. The lowest BCUT2D eigenvalue weighted by Gasteiger charge is -2.17. The van der Waals surface area contributed by atoms with E-state index < -0.39 is 0 Å². The minimum absolute atomic E-state index is 0.325. The quantitative estimate of drug-likeness (QED) is 0.565. The summed E-state index contributed by atoms with van der Waals surface area (Å²) >= 11 is 0. The van der Waals surface area contributed by atoms with Gasteiger partial charge in [0, 0.05) is 6.04 Å². The SMILES string of the molecule is CCCCC(Cc1cc(C)ccc1OC)NN. The number of benzene rings is 1. The van der Waals surface area contributed by atoms with Crippen molar-refractivity contribution in [3.63, 3.8) is 0 Å². The summed E-state index contributed by atoms with van der Waals surface area (Å²) in [6.45, 7) is 4.29. The van der Waals surface area contributed by atoms with Crippen LogP contribution < -0.4 is 16.0 Å². The van der Waals surface area contributed by atoms with Crippen molar-refractivity contribution >= 4 is 0 Å². The molecule has 0 bridgehead atoms. The summed E-state index contributed by atoms with van der Waals surface area (Å²) in [6.07, 6.45) is 4.41. The first kappa shape index (κ1) is 14.0. The van der Waals surface area contributed by atoms with Gasteiger partial charge in [-0.15, -0.1) is 0 Å². The van der Waals surface area contributed by atoms with Crippen LogP contribution in [0.15, 0.2) is 18.2 Å². The second-order valence-electron chi connectivity index (χ2n) is 4.53. The van der Waals surface area contributed by atoms with Gasteiger partial charge >= 0.3 is 0 Å². The van der Waals surface area contributed by atoms with Crippen LogP contribution >= 0.6 is 0 Å². The Hall–Kier alpha value is -1.06. The highest BCUT2D eigenvalue weighted by molar-refractivity contribution is 5.37. The minimum Gasteiger partial charge on any atom is -0.496 e. The highest BCUT2D eigenvalue weighted by atomic mass is 16.5. The summed E-state index contributed by atoms with van der Waals surface area (Å²) in [5.41, 5.74) is 5.39. The van der Waals surface area contributed by atoms with E-state index in [0.29, 0.717) is 6.04 Å². The first-order valence-electron chi connectivity index (χ1n) is 6.30. The third-order valence-electron chi connectivity index (χ3n) is 3.04. The fraction of sp³-hybridized carbons (Fsp3) is 0.571. The number of nitrogens with one attached hydrogen (secondary N) is 1. The van der Waals surface area contributed by atoms with E-state index >= 15 is 0 Å². The summed E-state index contributed by atoms with van der Waals surface area (Å²) in [5.74, 6) is 6.55. The number of hydrogen-bond acceptors (Lipinski definition) is 3. The molecule has 0 fully saturated rings. The van der Waals surface area contributed by atoms with Crippen LogP contribution in [0.3, 0.4) is 0 Å². The largest absolute Gasteiger partial charge is 0.496 e. The van der Waals surface area contributed by atoms with E-state index in [4.69, 9.17) is 10.6 Å². The van der Waals surface area contributed by atoms with E-state index in [1.807, 2.05) is 6.07 Å². The van der Waals surface area contributed by atoms with Gasteiger partial charge in [-0.25, -0.2) is 0 Å². The van der Waals surface area contributed by atoms with Gasteiger partial charge in [-0.1, -0.05) is 37.5 Å². The van der Waals surface area contributed by atoms with Crippen LogP contribution in [0.25, 0.3) is 0 Å². The average molecular weight is 236 g/mol. The molecule has 0 aromatic heterocycles. The molecule has 3 N–H and O–H groups in total. The summed E-state index contributed by atoms with van der Waals surface area (Å²) < 4.78 is 5.38. The molecule has 1 aromatic carbocycles. The van der Waals surface area contributed by atoms with E-state index in [1.54, 1.807) is 7.11 Å². The standard InChI is InChI=1S/C14H24N2O/c1-4-5-6-13(16-15)10-12-9-11(2)7-8-14(12)17-3/h7-9,13,16H,4-6,10,15H2,1-3H3. The molecular formula is C14H24N2O. The van der Waals surface area contributed by atoms with Crippen LogP contribution in [0, 0.1) is 6.92 Å². The Morgan fingerprint density at radius 2 is 2.18 bits per heavy atom. The first-order valence-corrected chi connectivity index (χ1v) is 6.30. The topological polar surface area (TPSA) is 47.3 Å². The summed E-state index contributed by atoms with van der Waals surface area (Å²) in [5, 5.41) is 0. The maximum absolute atomic E-state index is 5.60. The zero-order valence-corrected chi connectivity index (χ0v) is 11.1. The van der Waals surface area contributed by atoms with E-state index in [1.165, 1.54) is 24.0 Å². The van der Waals surface area contributed by atoms with Gasteiger partial charge in [0.15, 0.2) is 0 Å². The van der Waals surface area contributed by atoms with Crippen molar-refractivity contribution in [2.24, 2.45) is 5.84 Å². The van der Waals surface area contributed by atoms with Gasteiger partial charge in [-0.05, 0) is 31.4 Å². The third kappa shape index (κ3) is 4.36. The van der Waals surface area contributed by atoms with Crippen molar-refractivity contribution in [2.45, 2.75) is 45.6 Å². The van der Waals surface area contributed by atoms with Crippen LogP contribution in [0.1, 0.15) is 37.3 Å². The van der Waals surface area contributed by atoms with Crippen LogP contribution in [-0.4, -0.2) is 13.2 Å². The number of ether oxygens (including phenoxy) is 1. The lowest BCUT2D eigenvalue weighted by molar-refractivity contribution is 0.401. The molecule has 0 saturated heterocycles. The maximum Gasteiger partial charge on any atom is 0.122 e. The lowest BCUT2D eigenvalue weighted by atomic mass is 9.99. The Labute approximate surface area is 104 Å². The molecule has 0 spiro atoms. The molecule has 0 aliphatic carbocycles. The van der Waals surface area contributed by atoms with E-state index in [2.05, 4.69) is 31.4 Å². The molecule has 0 heterocycles. The van der Waals surface area contributed by atoms with E-state index in [9.17, 15) is 0 Å². The summed E-state index contributed by atoms with van der Waals surface area (Å²) in [4.78, 5) is 0. The zero-order valence-electron chi connectivity index (χ0n) is 11.1.